The van der Waals surface area contributed by atoms with Gasteiger partial charge in [-0.3, -0.25) is 0 Å². The van der Waals surface area contributed by atoms with Crippen LogP contribution in [0.25, 0.3) is 0 Å². The molecule has 114 valence electrons. The highest BCUT2D eigenvalue weighted by atomic mass is 32.2. The Morgan fingerprint density at radius 3 is 2.52 bits per heavy atom. The van der Waals surface area contributed by atoms with Gasteiger partial charge in [0, 0.05) is 17.7 Å². The Morgan fingerprint density at radius 2 is 1.95 bits per heavy atom. The van der Waals surface area contributed by atoms with E-state index in [1.54, 1.807) is 0 Å². The minimum absolute atomic E-state index is 0.347. The van der Waals surface area contributed by atoms with Gasteiger partial charge in [0.15, 0.2) is 4.34 Å². The van der Waals surface area contributed by atoms with Gasteiger partial charge in [-0.15, -0.1) is 0 Å². The van der Waals surface area contributed by atoms with Crippen LogP contribution in [0.2, 0.25) is 0 Å². The van der Waals surface area contributed by atoms with Gasteiger partial charge in [0.25, 0.3) is 0 Å². The Labute approximate surface area is 135 Å². The van der Waals surface area contributed by atoms with E-state index in [2.05, 4.69) is 65.8 Å². The summed E-state index contributed by atoms with van der Waals surface area (Å²) in [6.07, 6.45) is 2.00. The third kappa shape index (κ3) is 4.53. The Bertz CT molecular complexity index is 527. The van der Waals surface area contributed by atoms with Gasteiger partial charge in [-0.2, -0.15) is 4.37 Å². The molecule has 0 amide bonds. The molecule has 2 atom stereocenters. The molecule has 2 unspecified atom stereocenters. The minimum Gasteiger partial charge on any atom is -0.309 e. The van der Waals surface area contributed by atoms with Crippen molar-refractivity contribution in [1.29, 1.82) is 0 Å². The highest BCUT2D eigenvalue weighted by Crippen LogP contribution is 2.35. The normalized spacial score (nSPS) is 14.0. The summed E-state index contributed by atoms with van der Waals surface area (Å²) in [5, 5.41) is 4.09. The first-order chi connectivity index (χ1) is 10.3. The summed E-state index contributed by atoms with van der Waals surface area (Å²) in [7, 11) is 0. The summed E-state index contributed by atoms with van der Waals surface area (Å²) in [6.45, 7) is 7.46. The smallest absolute Gasteiger partial charge is 0.170 e. The maximum absolute atomic E-state index is 4.60. The molecule has 1 aromatic heterocycles. The molecule has 21 heavy (non-hydrogen) atoms. The molecule has 5 heteroatoms. The molecule has 1 aromatic carbocycles. The number of benzene rings is 1. The Balaban J connectivity index is 2.15. The average molecular weight is 322 g/mol. The predicted molar refractivity (Wildman–Crippen MR) is 92.1 cm³/mol. The van der Waals surface area contributed by atoms with Crippen LogP contribution < -0.4 is 5.32 Å². The monoisotopic (exact) mass is 321 g/mol. The van der Waals surface area contributed by atoms with Gasteiger partial charge in [-0.1, -0.05) is 62.9 Å². The van der Waals surface area contributed by atoms with Crippen LogP contribution in [0.1, 0.15) is 44.6 Å². The first-order valence-electron chi connectivity index (χ1n) is 7.56. The molecule has 1 N–H and O–H groups in total. The van der Waals surface area contributed by atoms with Crippen molar-refractivity contribution in [3.05, 3.63) is 41.7 Å². The molecule has 0 saturated heterocycles. The van der Waals surface area contributed by atoms with Gasteiger partial charge in [-0.05, 0) is 30.1 Å². The van der Waals surface area contributed by atoms with Crippen molar-refractivity contribution >= 4 is 23.3 Å². The van der Waals surface area contributed by atoms with E-state index in [4.69, 9.17) is 0 Å². The maximum Gasteiger partial charge on any atom is 0.170 e. The lowest BCUT2D eigenvalue weighted by Gasteiger charge is -2.26. The molecule has 0 saturated carbocycles. The van der Waals surface area contributed by atoms with Crippen LogP contribution in [-0.4, -0.2) is 21.2 Å². The summed E-state index contributed by atoms with van der Waals surface area (Å²) < 4.78 is 5.47. The van der Waals surface area contributed by atoms with Gasteiger partial charge < -0.3 is 5.32 Å². The van der Waals surface area contributed by atoms with Crippen molar-refractivity contribution in [1.82, 2.24) is 14.7 Å². The lowest BCUT2D eigenvalue weighted by Crippen LogP contribution is -2.29. The summed E-state index contributed by atoms with van der Waals surface area (Å²) in [6, 6.07) is 11.0. The molecule has 0 aliphatic rings. The highest BCUT2D eigenvalue weighted by Gasteiger charge is 2.23. The van der Waals surface area contributed by atoms with Crippen LogP contribution >= 0.6 is 23.3 Å². The van der Waals surface area contributed by atoms with Gasteiger partial charge in [0.1, 0.15) is 5.82 Å². The van der Waals surface area contributed by atoms with Crippen molar-refractivity contribution < 1.29 is 0 Å². The predicted octanol–water partition coefficient (Wildman–Crippen LogP) is 4.32. The quantitative estimate of drug-likeness (QED) is 0.735. The molecule has 0 aliphatic carbocycles. The molecule has 0 radical (unpaired) electrons. The van der Waals surface area contributed by atoms with E-state index in [1.165, 1.54) is 17.1 Å². The topological polar surface area (TPSA) is 37.8 Å². The number of thioether (sulfide) groups is 1. The highest BCUT2D eigenvalue weighted by molar-refractivity contribution is 8.01. The van der Waals surface area contributed by atoms with E-state index in [1.807, 2.05) is 11.8 Å². The molecular formula is C16H23N3S2. The van der Waals surface area contributed by atoms with E-state index in [0.29, 0.717) is 11.3 Å². The molecule has 0 spiro atoms. The molecule has 2 rings (SSSR count). The van der Waals surface area contributed by atoms with Gasteiger partial charge in [0.05, 0.1) is 0 Å². The van der Waals surface area contributed by atoms with Crippen LogP contribution in [0, 0.1) is 0 Å². The molecule has 3 nitrogen and oxygen atoms in total. The second-order valence-electron chi connectivity index (χ2n) is 4.84. The van der Waals surface area contributed by atoms with Gasteiger partial charge >= 0.3 is 0 Å². The second kappa shape index (κ2) is 8.51. The van der Waals surface area contributed by atoms with Crippen LogP contribution in [-0.2, 0) is 6.42 Å². The summed E-state index contributed by atoms with van der Waals surface area (Å²) >= 11 is 3.37. The fourth-order valence-corrected chi connectivity index (χ4v) is 4.42. The number of aryl methyl sites for hydroxylation is 1. The molecule has 0 bridgehead atoms. The standard InChI is InChI=1S/C16H23N3S2/c1-4-13(20-16-18-14(5-2)19-21-16)15(17-6-3)12-10-8-7-9-11-12/h7-11,13,15,17H,4-6H2,1-3H3. The first kappa shape index (κ1) is 16.5. The number of hydrogen-bond donors (Lipinski definition) is 1. The molecule has 2 aromatic rings. The number of nitrogens with zero attached hydrogens (tertiary/aromatic N) is 2. The Kier molecular flexibility index (Phi) is 6.67. The van der Waals surface area contributed by atoms with Crippen LogP contribution in [0.4, 0.5) is 0 Å². The molecule has 0 fully saturated rings. The van der Waals surface area contributed by atoms with Gasteiger partial charge in [-0.25, -0.2) is 4.98 Å². The largest absolute Gasteiger partial charge is 0.309 e. The fraction of sp³-hybridized carbons (Fsp3) is 0.500. The zero-order chi connectivity index (χ0) is 15.1. The first-order valence-corrected chi connectivity index (χ1v) is 9.21. The third-order valence-electron chi connectivity index (χ3n) is 3.37. The van der Waals surface area contributed by atoms with E-state index in [0.717, 1.165) is 29.6 Å². The van der Waals surface area contributed by atoms with E-state index in [9.17, 15) is 0 Å². The minimum atomic E-state index is 0.347. The number of nitrogens with one attached hydrogen (secondary N) is 1. The van der Waals surface area contributed by atoms with Crippen molar-refractivity contribution in [2.45, 2.75) is 49.2 Å². The Morgan fingerprint density at radius 1 is 1.19 bits per heavy atom. The number of aromatic nitrogens is 2. The van der Waals surface area contributed by atoms with Crippen LogP contribution in [0.5, 0.6) is 0 Å². The summed E-state index contributed by atoms with van der Waals surface area (Å²) in [4.78, 5) is 4.60. The molecule has 1 heterocycles. The zero-order valence-electron chi connectivity index (χ0n) is 12.9. The van der Waals surface area contributed by atoms with Crippen molar-refractivity contribution in [2.75, 3.05) is 6.54 Å². The summed E-state index contributed by atoms with van der Waals surface area (Å²) in [5.41, 5.74) is 1.35. The molecule has 0 aliphatic heterocycles. The van der Waals surface area contributed by atoms with E-state index in [-0.39, 0.29) is 0 Å². The lowest BCUT2D eigenvalue weighted by molar-refractivity contribution is 0.521. The van der Waals surface area contributed by atoms with Crippen LogP contribution in [0.3, 0.4) is 0 Å². The van der Waals surface area contributed by atoms with Crippen molar-refractivity contribution in [3.63, 3.8) is 0 Å². The number of hydrogen-bond acceptors (Lipinski definition) is 5. The maximum atomic E-state index is 4.60. The van der Waals surface area contributed by atoms with Crippen molar-refractivity contribution in [2.24, 2.45) is 0 Å². The SMILES string of the molecule is CCNC(c1ccccc1)C(CC)Sc1nc(CC)ns1. The third-order valence-corrected chi connectivity index (χ3v) is 5.64. The number of rotatable bonds is 8. The molecular weight excluding hydrogens is 298 g/mol. The second-order valence-corrected chi connectivity index (χ2v) is 7.08. The van der Waals surface area contributed by atoms with Crippen molar-refractivity contribution in [3.8, 4) is 0 Å². The van der Waals surface area contributed by atoms with Crippen LogP contribution in [0.15, 0.2) is 34.7 Å². The lowest BCUT2D eigenvalue weighted by atomic mass is 10.0. The van der Waals surface area contributed by atoms with Gasteiger partial charge in [0.2, 0.25) is 0 Å². The fourth-order valence-electron chi connectivity index (χ4n) is 2.29. The zero-order valence-corrected chi connectivity index (χ0v) is 14.5. The summed E-state index contributed by atoms with van der Waals surface area (Å²) in [5.74, 6) is 0.956. The average Bonchev–Trinajstić information content (AvgIpc) is 2.99. The Hall–Kier alpha value is -0.910. The van der Waals surface area contributed by atoms with E-state index >= 15 is 0 Å². The van der Waals surface area contributed by atoms with E-state index < -0.39 is 0 Å².